The molecule has 0 saturated heterocycles. The number of ether oxygens (including phenoxy) is 1. The van der Waals surface area contributed by atoms with Gasteiger partial charge >= 0.3 is 6.18 Å². The highest BCUT2D eigenvalue weighted by molar-refractivity contribution is 6.30. The maximum Gasteiger partial charge on any atom is 0.416 e. The standard InChI is InChI=1S/C20H12ClF3N2O2/c1-2-8-28-18-7-6-16(21)10-13(18)9-14(12-25)19(27)26-17-5-3-4-15(11-17)20(22,23)24/h1,3-7,9-11H,8H2,(H,26,27)/b14-9+. The van der Waals surface area contributed by atoms with Crippen LogP contribution in [-0.4, -0.2) is 12.5 Å². The number of halogens is 4. The van der Waals surface area contributed by atoms with Gasteiger partial charge in [-0.15, -0.1) is 6.42 Å². The molecular weight excluding hydrogens is 393 g/mol. The Bertz CT molecular complexity index is 1000. The quantitative estimate of drug-likeness (QED) is 0.437. The van der Waals surface area contributed by atoms with Crippen molar-refractivity contribution < 1.29 is 22.7 Å². The van der Waals surface area contributed by atoms with Gasteiger partial charge in [-0.3, -0.25) is 4.79 Å². The van der Waals surface area contributed by atoms with Gasteiger partial charge in [0, 0.05) is 16.3 Å². The van der Waals surface area contributed by atoms with E-state index < -0.39 is 17.6 Å². The molecule has 2 rings (SSSR count). The molecule has 0 aliphatic carbocycles. The lowest BCUT2D eigenvalue weighted by Crippen LogP contribution is -2.14. The molecule has 2 aromatic rings. The number of carbonyl (C=O) groups is 1. The van der Waals surface area contributed by atoms with Crippen molar-refractivity contribution in [1.82, 2.24) is 0 Å². The number of carbonyl (C=O) groups excluding carboxylic acids is 1. The topological polar surface area (TPSA) is 62.1 Å². The van der Waals surface area contributed by atoms with Gasteiger partial charge in [0.1, 0.15) is 24.0 Å². The maximum absolute atomic E-state index is 12.8. The third-order valence-corrected chi connectivity index (χ3v) is 3.63. The van der Waals surface area contributed by atoms with Crippen LogP contribution >= 0.6 is 11.6 Å². The highest BCUT2D eigenvalue weighted by atomic mass is 35.5. The van der Waals surface area contributed by atoms with E-state index in [9.17, 15) is 23.2 Å². The number of terminal acetylenes is 1. The zero-order valence-corrected chi connectivity index (χ0v) is 14.9. The van der Waals surface area contributed by atoms with Gasteiger partial charge in [-0.05, 0) is 42.5 Å². The van der Waals surface area contributed by atoms with E-state index in [2.05, 4.69) is 11.2 Å². The number of rotatable bonds is 5. The van der Waals surface area contributed by atoms with Gasteiger partial charge in [0.2, 0.25) is 0 Å². The van der Waals surface area contributed by atoms with Crippen LogP contribution in [0.3, 0.4) is 0 Å². The summed E-state index contributed by atoms with van der Waals surface area (Å²) in [6, 6.07) is 10.3. The Morgan fingerprint density at radius 2 is 2.04 bits per heavy atom. The van der Waals surface area contributed by atoms with E-state index in [0.29, 0.717) is 16.3 Å². The Kier molecular flexibility index (Phi) is 6.70. The van der Waals surface area contributed by atoms with Crippen LogP contribution in [0.2, 0.25) is 5.02 Å². The molecule has 8 heteroatoms. The second-order valence-electron chi connectivity index (χ2n) is 5.38. The van der Waals surface area contributed by atoms with E-state index in [1.54, 1.807) is 12.1 Å². The highest BCUT2D eigenvalue weighted by Crippen LogP contribution is 2.31. The molecule has 0 aromatic heterocycles. The van der Waals surface area contributed by atoms with Gasteiger partial charge in [-0.2, -0.15) is 18.4 Å². The number of hydrogen-bond acceptors (Lipinski definition) is 3. The average molecular weight is 405 g/mol. The first-order valence-corrected chi connectivity index (χ1v) is 8.08. The van der Waals surface area contributed by atoms with Crippen molar-refractivity contribution in [3.05, 3.63) is 64.2 Å². The minimum atomic E-state index is -4.56. The molecule has 1 amide bonds. The predicted octanol–water partition coefficient (Wildman–Crippen LogP) is 4.92. The number of amides is 1. The molecule has 0 heterocycles. The van der Waals surface area contributed by atoms with Crippen molar-refractivity contribution in [2.45, 2.75) is 6.18 Å². The number of nitrogens with zero attached hydrogens (tertiary/aromatic N) is 1. The van der Waals surface area contributed by atoms with Crippen molar-refractivity contribution in [3.8, 4) is 24.2 Å². The minimum Gasteiger partial charge on any atom is -0.480 e. The van der Waals surface area contributed by atoms with E-state index in [-0.39, 0.29) is 17.9 Å². The van der Waals surface area contributed by atoms with Gasteiger partial charge in [0.25, 0.3) is 5.91 Å². The predicted molar refractivity (Wildman–Crippen MR) is 99.4 cm³/mol. The van der Waals surface area contributed by atoms with Gasteiger partial charge in [-0.25, -0.2) is 0 Å². The van der Waals surface area contributed by atoms with Crippen LogP contribution in [0.25, 0.3) is 6.08 Å². The summed E-state index contributed by atoms with van der Waals surface area (Å²) in [5.41, 5.74) is -1.06. The first-order chi connectivity index (χ1) is 13.2. The fourth-order valence-corrected chi connectivity index (χ4v) is 2.34. The third kappa shape index (κ3) is 5.54. The summed E-state index contributed by atoms with van der Waals surface area (Å²) < 4.78 is 43.7. The van der Waals surface area contributed by atoms with Crippen molar-refractivity contribution in [2.75, 3.05) is 11.9 Å². The van der Waals surface area contributed by atoms with Crippen LogP contribution in [0.4, 0.5) is 18.9 Å². The van der Waals surface area contributed by atoms with Crippen LogP contribution in [0.15, 0.2) is 48.0 Å². The van der Waals surface area contributed by atoms with E-state index in [1.165, 1.54) is 24.3 Å². The van der Waals surface area contributed by atoms with Crippen LogP contribution in [0.5, 0.6) is 5.75 Å². The molecule has 0 radical (unpaired) electrons. The Hall–Kier alpha value is -3.42. The summed E-state index contributed by atoms with van der Waals surface area (Å²) in [5, 5.41) is 11.9. The molecule has 0 fully saturated rings. The fraction of sp³-hybridized carbons (Fsp3) is 0.100. The summed E-state index contributed by atoms with van der Waals surface area (Å²) >= 11 is 5.93. The molecular formula is C20H12ClF3N2O2. The van der Waals surface area contributed by atoms with Crippen LogP contribution in [0.1, 0.15) is 11.1 Å². The summed E-state index contributed by atoms with van der Waals surface area (Å²) in [6.07, 6.45) is 1.80. The number of benzene rings is 2. The summed E-state index contributed by atoms with van der Waals surface area (Å²) in [6.45, 7) is -0.0409. The number of alkyl halides is 3. The molecule has 142 valence electrons. The summed E-state index contributed by atoms with van der Waals surface area (Å²) in [5.74, 6) is 1.70. The Morgan fingerprint density at radius 3 is 2.68 bits per heavy atom. The molecule has 1 N–H and O–H groups in total. The van der Waals surface area contributed by atoms with E-state index in [4.69, 9.17) is 22.8 Å². The second-order valence-corrected chi connectivity index (χ2v) is 5.81. The SMILES string of the molecule is C#CCOc1ccc(Cl)cc1/C=C(\C#N)C(=O)Nc1cccc(C(F)(F)F)c1. The largest absolute Gasteiger partial charge is 0.480 e. The molecule has 28 heavy (non-hydrogen) atoms. The second kappa shape index (κ2) is 8.98. The van der Waals surface area contributed by atoms with Gasteiger partial charge in [0.05, 0.1) is 5.56 Å². The smallest absolute Gasteiger partial charge is 0.416 e. The molecule has 0 saturated carbocycles. The Morgan fingerprint density at radius 1 is 1.29 bits per heavy atom. The Labute approximate surface area is 164 Å². The van der Waals surface area contributed by atoms with Gasteiger partial charge < -0.3 is 10.1 Å². The first kappa shape index (κ1) is 20.9. The van der Waals surface area contributed by atoms with Gasteiger partial charge in [0.15, 0.2) is 0 Å². The van der Waals surface area contributed by atoms with E-state index in [0.717, 1.165) is 18.2 Å². The van der Waals surface area contributed by atoms with Crippen LogP contribution in [-0.2, 0) is 11.0 Å². The normalized spacial score (nSPS) is 11.3. The molecule has 0 spiro atoms. The van der Waals surface area contributed by atoms with Crippen LogP contribution < -0.4 is 10.1 Å². The van der Waals surface area contributed by atoms with Gasteiger partial charge in [-0.1, -0.05) is 23.6 Å². The molecule has 0 atom stereocenters. The summed E-state index contributed by atoms with van der Waals surface area (Å²) in [7, 11) is 0. The molecule has 0 unspecified atom stereocenters. The number of hydrogen-bond donors (Lipinski definition) is 1. The van der Waals surface area contributed by atoms with Crippen molar-refractivity contribution in [3.63, 3.8) is 0 Å². The highest BCUT2D eigenvalue weighted by Gasteiger charge is 2.30. The average Bonchev–Trinajstić information content (AvgIpc) is 2.64. The third-order valence-electron chi connectivity index (χ3n) is 3.40. The van der Waals surface area contributed by atoms with Crippen molar-refractivity contribution >= 4 is 29.3 Å². The van der Waals surface area contributed by atoms with Crippen molar-refractivity contribution in [2.24, 2.45) is 0 Å². The zero-order valence-electron chi connectivity index (χ0n) is 14.2. The summed E-state index contributed by atoms with van der Waals surface area (Å²) in [4.78, 5) is 12.3. The number of anilines is 1. The van der Waals surface area contributed by atoms with E-state index in [1.807, 2.05) is 0 Å². The lowest BCUT2D eigenvalue weighted by atomic mass is 10.1. The molecule has 0 aliphatic rings. The van der Waals surface area contributed by atoms with Crippen molar-refractivity contribution in [1.29, 1.82) is 5.26 Å². The monoisotopic (exact) mass is 404 g/mol. The lowest BCUT2D eigenvalue weighted by Gasteiger charge is -2.10. The number of nitrogens with one attached hydrogen (secondary N) is 1. The first-order valence-electron chi connectivity index (χ1n) is 7.71. The molecule has 0 aliphatic heterocycles. The molecule has 4 nitrogen and oxygen atoms in total. The number of nitriles is 1. The van der Waals surface area contributed by atoms with E-state index >= 15 is 0 Å². The maximum atomic E-state index is 12.8. The molecule has 2 aromatic carbocycles. The Balaban J connectivity index is 2.31. The minimum absolute atomic E-state index is 0.0409. The lowest BCUT2D eigenvalue weighted by molar-refractivity contribution is -0.137. The molecule has 0 bridgehead atoms. The zero-order chi connectivity index (χ0) is 20.7. The fourth-order valence-electron chi connectivity index (χ4n) is 2.16. The van der Waals surface area contributed by atoms with Crippen LogP contribution in [0, 0.1) is 23.7 Å².